The molecular formula is C21H33N5O2. The number of allylic oxidation sites excluding steroid dienone is 1. The third kappa shape index (κ3) is 7.42. The molecule has 154 valence electrons. The fourth-order valence-electron chi connectivity index (χ4n) is 2.20. The van der Waals surface area contributed by atoms with Gasteiger partial charge in [-0.05, 0) is 32.8 Å². The number of rotatable bonds is 10. The number of nitrogens with one attached hydrogen (secondary N) is 1. The van der Waals surface area contributed by atoms with E-state index in [-0.39, 0.29) is 18.1 Å². The number of ether oxygens (including phenoxy) is 1. The molecule has 0 fully saturated rings. The van der Waals surface area contributed by atoms with Gasteiger partial charge >= 0.3 is 6.03 Å². The molecule has 1 N–H and O–H groups in total. The van der Waals surface area contributed by atoms with Crippen molar-refractivity contribution in [3.05, 3.63) is 55.3 Å². The van der Waals surface area contributed by atoms with Crippen molar-refractivity contribution < 1.29 is 9.53 Å². The van der Waals surface area contributed by atoms with Gasteiger partial charge in [0.25, 0.3) is 5.90 Å². The molecule has 0 aromatic carbocycles. The maximum absolute atomic E-state index is 12.2. The van der Waals surface area contributed by atoms with Gasteiger partial charge in [0, 0.05) is 38.6 Å². The summed E-state index contributed by atoms with van der Waals surface area (Å²) < 4.78 is 7.45. The smallest absolute Gasteiger partial charge is 0.317 e. The van der Waals surface area contributed by atoms with Crippen LogP contribution in [0.1, 0.15) is 39.4 Å². The second kappa shape index (κ2) is 11.8. The summed E-state index contributed by atoms with van der Waals surface area (Å²) in [6, 6.07) is 0.136. The number of aromatic nitrogens is 2. The summed E-state index contributed by atoms with van der Waals surface area (Å²) in [5.74, 6) is 1.01. The molecule has 0 bridgehead atoms. The number of amides is 2. The first kappa shape index (κ1) is 23.2. The first-order valence-electron chi connectivity index (χ1n) is 9.48. The Kier molecular flexibility index (Phi) is 9.78. The number of urea groups is 1. The molecule has 2 unspecified atom stereocenters. The van der Waals surface area contributed by atoms with Crippen LogP contribution in [0.15, 0.2) is 54.5 Å². The standard InChI is InChI=1S/C21H33N5O2/c1-8-15-28-20(19-22-13-14-25(19)6)23-17(4)11-10-12-18(5)26(7)21(27)24-16(3)9-2/h8,10-11,13-14,16,18H,1,4,9,12,15H2,2-3,5-7H3,(H,24,27)/b11-10+,23-20?. The third-order valence-electron chi connectivity index (χ3n) is 4.35. The van der Waals surface area contributed by atoms with E-state index in [4.69, 9.17) is 4.74 Å². The number of hydrogen-bond donors (Lipinski definition) is 1. The lowest BCUT2D eigenvalue weighted by Gasteiger charge is -2.26. The van der Waals surface area contributed by atoms with Crippen LogP contribution in [0.2, 0.25) is 0 Å². The highest BCUT2D eigenvalue weighted by Gasteiger charge is 2.16. The number of carbonyl (C=O) groups is 1. The molecule has 0 saturated heterocycles. The van der Waals surface area contributed by atoms with E-state index in [0.29, 0.717) is 30.4 Å². The molecule has 1 rings (SSSR count). The molecule has 0 aliphatic heterocycles. The summed E-state index contributed by atoms with van der Waals surface area (Å²) in [5, 5.41) is 2.97. The van der Waals surface area contributed by atoms with Crippen LogP contribution in [0.5, 0.6) is 0 Å². The van der Waals surface area contributed by atoms with Crippen LogP contribution in [-0.2, 0) is 11.8 Å². The van der Waals surface area contributed by atoms with Crippen LogP contribution in [0.3, 0.4) is 0 Å². The van der Waals surface area contributed by atoms with E-state index in [1.807, 2.05) is 50.7 Å². The first-order valence-corrected chi connectivity index (χ1v) is 9.48. The van der Waals surface area contributed by atoms with E-state index in [1.54, 1.807) is 24.2 Å². The Morgan fingerprint density at radius 1 is 1.50 bits per heavy atom. The number of carbonyl (C=O) groups excluding carboxylic acids is 1. The maximum atomic E-state index is 12.2. The van der Waals surface area contributed by atoms with Gasteiger partial charge < -0.3 is 19.5 Å². The van der Waals surface area contributed by atoms with Gasteiger partial charge in [0.1, 0.15) is 6.61 Å². The quantitative estimate of drug-likeness (QED) is 0.288. The van der Waals surface area contributed by atoms with E-state index in [2.05, 4.69) is 28.5 Å². The number of hydrogen-bond acceptors (Lipinski definition) is 4. The number of aliphatic imine (C=N–C) groups is 1. The molecule has 7 heteroatoms. The lowest BCUT2D eigenvalue weighted by Crippen LogP contribution is -2.45. The first-order chi connectivity index (χ1) is 13.3. The minimum absolute atomic E-state index is 0.0445. The summed E-state index contributed by atoms with van der Waals surface area (Å²) >= 11 is 0. The fraction of sp³-hybridized carbons (Fsp3) is 0.476. The van der Waals surface area contributed by atoms with Crippen LogP contribution in [-0.4, -0.2) is 52.1 Å². The molecule has 0 aliphatic carbocycles. The van der Waals surface area contributed by atoms with E-state index >= 15 is 0 Å². The van der Waals surface area contributed by atoms with Gasteiger partial charge in [-0.25, -0.2) is 14.8 Å². The molecular weight excluding hydrogens is 354 g/mol. The molecule has 0 aliphatic rings. The maximum Gasteiger partial charge on any atom is 0.317 e. The lowest BCUT2D eigenvalue weighted by molar-refractivity contribution is 0.190. The predicted molar refractivity (Wildman–Crippen MR) is 114 cm³/mol. The second-order valence-electron chi connectivity index (χ2n) is 6.73. The summed E-state index contributed by atoms with van der Waals surface area (Å²) in [6.07, 6.45) is 10.5. The Hall–Kier alpha value is -2.83. The van der Waals surface area contributed by atoms with Gasteiger partial charge in [0.2, 0.25) is 0 Å². The Morgan fingerprint density at radius 3 is 2.79 bits per heavy atom. The number of aryl methyl sites for hydroxylation is 1. The van der Waals surface area contributed by atoms with Crippen molar-refractivity contribution in [3.8, 4) is 0 Å². The molecule has 7 nitrogen and oxygen atoms in total. The zero-order chi connectivity index (χ0) is 21.1. The van der Waals surface area contributed by atoms with E-state index in [1.165, 1.54) is 0 Å². The number of nitrogens with zero attached hydrogens (tertiary/aromatic N) is 4. The zero-order valence-electron chi connectivity index (χ0n) is 17.7. The van der Waals surface area contributed by atoms with Gasteiger partial charge in [-0.15, -0.1) is 0 Å². The van der Waals surface area contributed by atoms with Crippen molar-refractivity contribution in [1.82, 2.24) is 19.8 Å². The monoisotopic (exact) mass is 387 g/mol. The molecule has 1 heterocycles. The average Bonchev–Trinajstić information content (AvgIpc) is 3.09. The van der Waals surface area contributed by atoms with Gasteiger partial charge in [-0.2, -0.15) is 0 Å². The Bertz CT molecular complexity index is 720. The van der Waals surface area contributed by atoms with Crippen molar-refractivity contribution in [1.29, 1.82) is 0 Å². The van der Waals surface area contributed by atoms with Crippen LogP contribution in [0.25, 0.3) is 0 Å². The highest BCUT2D eigenvalue weighted by Crippen LogP contribution is 2.08. The molecule has 1 aromatic rings. The van der Waals surface area contributed by atoms with E-state index in [9.17, 15) is 4.79 Å². The van der Waals surface area contributed by atoms with Gasteiger partial charge in [0.05, 0.1) is 5.70 Å². The van der Waals surface area contributed by atoms with E-state index < -0.39 is 0 Å². The minimum Gasteiger partial charge on any atom is -0.471 e. The average molecular weight is 388 g/mol. The largest absolute Gasteiger partial charge is 0.471 e. The van der Waals surface area contributed by atoms with E-state index in [0.717, 1.165) is 6.42 Å². The van der Waals surface area contributed by atoms with Crippen LogP contribution < -0.4 is 5.32 Å². The van der Waals surface area contributed by atoms with Gasteiger partial charge in [-0.1, -0.05) is 32.2 Å². The highest BCUT2D eigenvalue weighted by atomic mass is 16.5. The van der Waals surface area contributed by atoms with Gasteiger partial charge in [0.15, 0.2) is 5.82 Å². The molecule has 2 amide bonds. The normalized spacial score (nSPS) is 13.8. The molecule has 2 atom stereocenters. The molecule has 1 aromatic heterocycles. The van der Waals surface area contributed by atoms with Crippen molar-refractivity contribution in [3.63, 3.8) is 0 Å². The van der Waals surface area contributed by atoms with Crippen LogP contribution in [0, 0.1) is 0 Å². The molecule has 0 spiro atoms. The topological polar surface area (TPSA) is 71.8 Å². The summed E-state index contributed by atoms with van der Waals surface area (Å²) in [4.78, 5) is 22.6. The Labute approximate surface area is 168 Å². The van der Waals surface area contributed by atoms with Gasteiger partial charge in [-0.3, -0.25) is 0 Å². The Morgan fingerprint density at radius 2 is 2.21 bits per heavy atom. The second-order valence-corrected chi connectivity index (χ2v) is 6.73. The fourth-order valence-corrected chi connectivity index (χ4v) is 2.20. The Balaban J connectivity index is 2.70. The SMILES string of the molecule is C=CCOC(=NC(=C)/C=C/CC(C)N(C)C(=O)NC(C)CC)c1nccn1C. The van der Waals surface area contributed by atoms with Crippen molar-refractivity contribution in [2.75, 3.05) is 13.7 Å². The van der Waals surface area contributed by atoms with Crippen LogP contribution in [0.4, 0.5) is 4.79 Å². The minimum atomic E-state index is -0.0676. The lowest BCUT2D eigenvalue weighted by atomic mass is 10.2. The van der Waals surface area contributed by atoms with Crippen molar-refractivity contribution in [2.24, 2.45) is 12.0 Å². The number of imidazole rings is 1. The molecule has 0 saturated carbocycles. The van der Waals surface area contributed by atoms with Crippen LogP contribution >= 0.6 is 0 Å². The van der Waals surface area contributed by atoms with Crippen molar-refractivity contribution >= 4 is 11.9 Å². The summed E-state index contributed by atoms with van der Waals surface area (Å²) in [5.41, 5.74) is 0.543. The predicted octanol–water partition coefficient (Wildman–Crippen LogP) is 3.66. The molecule has 0 radical (unpaired) electrons. The van der Waals surface area contributed by atoms with Crippen molar-refractivity contribution in [2.45, 2.75) is 45.7 Å². The zero-order valence-corrected chi connectivity index (χ0v) is 17.7. The highest BCUT2D eigenvalue weighted by molar-refractivity contribution is 5.91. The summed E-state index contributed by atoms with van der Waals surface area (Å²) in [6.45, 7) is 14.0. The summed E-state index contributed by atoms with van der Waals surface area (Å²) in [7, 11) is 3.67. The molecule has 28 heavy (non-hydrogen) atoms. The third-order valence-corrected chi connectivity index (χ3v) is 4.35.